The van der Waals surface area contributed by atoms with Gasteiger partial charge >= 0.3 is 11.9 Å². The molecular formula is C14H24N4O8. The SMILES string of the molecule is CC(C)C(NC(=O)C(N)CO)C(=O)NCC(=O)NC(CC(=O)O)C(=O)O. The molecule has 0 heterocycles. The third-order valence-corrected chi connectivity index (χ3v) is 3.22. The molecule has 0 spiro atoms. The zero-order valence-corrected chi connectivity index (χ0v) is 14.4. The van der Waals surface area contributed by atoms with Crippen molar-refractivity contribution < 1.29 is 39.3 Å². The number of hydrogen-bond acceptors (Lipinski definition) is 7. The van der Waals surface area contributed by atoms with Crippen molar-refractivity contribution in [3.8, 4) is 0 Å². The zero-order chi connectivity index (χ0) is 20.4. The highest BCUT2D eigenvalue weighted by Gasteiger charge is 2.27. The van der Waals surface area contributed by atoms with Crippen molar-refractivity contribution in [3.63, 3.8) is 0 Å². The van der Waals surface area contributed by atoms with Crippen LogP contribution in [0.4, 0.5) is 0 Å². The number of rotatable bonds is 11. The summed E-state index contributed by atoms with van der Waals surface area (Å²) >= 11 is 0. The Bertz CT molecular complexity index is 551. The molecule has 0 saturated carbocycles. The number of nitrogens with one attached hydrogen (secondary N) is 3. The van der Waals surface area contributed by atoms with Gasteiger partial charge in [-0.2, -0.15) is 0 Å². The van der Waals surface area contributed by atoms with Crippen molar-refractivity contribution in [2.24, 2.45) is 11.7 Å². The van der Waals surface area contributed by atoms with Gasteiger partial charge in [0.15, 0.2) is 0 Å². The van der Waals surface area contributed by atoms with Crippen molar-refractivity contribution in [2.45, 2.75) is 38.4 Å². The van der Waals surface area contributed by atoms with Crippen LogP contribution in [0.1, 0.15) is 20.3 Å². The smallest absolute Gasteiger partial charge is 0.326 e. The topological polar surface area (TPSA) is 208 Å². The highest BCUT2D eigenvalue weighted by atomic mass is 16.4. The number of carboxylic acids is 2. The van der Waals surface area contributed by atoms with E-state index >= 15 is 0 Å². The molecule has 3 unspecified atom stereocenters. The normalized spacial score (nSPS) is 14.0. The second-order valence-electron chi connectivity index (χ2n) is 5.79. The monoisotopic (exact) mass is 376 g/mol. The van der Waals surface area contributed by atoms with Gasteiger partial charge in [-0.25, -0.2) is 4.79 Å². The molecule has 0 radical (unpaired) electrons. The maximum atomic E-state index is 12.1. The largest absolute Gasteiger partial charge is 0.481 e. The van der Waals surface area contributed by atoms with Crippen LogP contribution in [0.15, 0.2) is 0 Å². The molecule has 0 aromatic heterocycles. The van der Waals surface area contributed by atoms with Crippen LogP contribution in [0, 0.1) is 5.92 Å². The lowest BCUT2D eigenvalue weighted by atomic mass is 10.0. The first-order valence-electron chi connectivity index (χ1n) is 7.68. The van der Waals surface area contributed by atoms with E-state index in [1.165, 1.54) is 0 Å². The molecule has 0 aromatic rings. The minimum absolute atomic E-state index is 0.369. The second-order valence-corrected chi connectivity index (χ2v) is 5.79. The summed E-state index contributed by atoms with van der Waals surface area (Å²) in [5.41, 5.74) is 5.35. The Balaban J connectivity index is 4.71. The highest BCUT2D eigenvalue weighted by Crippen LogP contribution is 2.02. The van der Waals surface area contributed by atoms with Gasteiger partial charge in [0, 0.05) is 0 Å². The van der Waals surface area contributed by atoms with Crippen LogP contribution in [0.3, 0.4) is 0 Å². The van der Waals surface area contributed by atoms with Gasteiger partial charge in [-0.3, -0.25) is 19.2 Å². The molecule has 0 fully saturated rings. The Kier molecular flexibility index (Phi) is 9.84. The third kappa shape index (κ3) is 8.39. The molecule has 0 aromatic carbocycles. The van der Waals surface area contributed by atoms with Crippen LogP contribution < -0.4 is 21.7 Å². The first-order valence-corrected chi connectivity index (χ1v) is 7.68. The lowest BCUT2D eigenvalue weighted by Crippen LogP contribution is -2.56. The molecule has 0 saturated heterocycles. The fourth-order valence-electron chi connectivity index (χ4n) is 1.78. The molecule has 8 N–H and O–H groups in total. The van der Waals surface area contributed by atoms with Gasteiger partial charge in [-0.15, -0.1) is 0 Å². The maximum Gasteiger partial charge on any atom is 0.326 e. The summed E-state index contributed by atoms with van der Waals surface area (Å²) in [5, 5.41) is 32.8. The van der Waals surface area contributed by atoms with Crippen molar-refractivity contribution >= 4 is 29.7 Å². The molecule has 0 aliphatic carbocycles. The fraction of sp³-hybridized carbons (Fsp3) is 0.643. The Morgan fingerprint density at radius 3 is 2.00 bits per heavy atom. The van der Waals surface area contributed by atoms with Crippen molar-refractivity contribution in [2.75, 3.05) is 13.2 Å². The number of amides is 3. The molecule has 3 amide bonds. The third-order valence-electron chi connectivity index (χ3n) is 3.22. The van der Waals surface area contributed by atoms with Crippen LogP contribution >= 0.6 is 0 Å². The predicted octanol–water partition coefficient (Wildman–Crippen LogP) is -3.39. The van der Waals surface area contributed by atoms with Gasteiger partial charge in [-0.1, -0.05) is 13.8 Å². The molecule has 0 aliphatic heterocycles. The van der Waals surface area contributed by atoms with E-state index in [-0.39, 0.29) is 5.92 Å². The predicted molar refractivity (Wildman–Crippen MR) is 86.7 cm³/mol. The van der Waals surface area contributed by atoms with E-state index in [0.29, 0.717) is 0 Å². The van der Waals surface area contributed by atoms with Crippen LogP contribution in [-0.4, -0.2) is 76.3 Å². The standard InChI is InChI=1S/C14H24N4O8/c1-6(2)11(18-12(23)7(15)5-19)13(24)16-4-9(20)17-8(14(25)26)3-10(21)22/h6-8,11,19H,3-5,15H2,1-2H3,(H,16,24)(H,17,20)(H,18,23)(H,21,22)(H,25,26). The summed E-state index contributed by atoms with van der Waals surface area (Å²) in [6, 6.07) is -3.89. The zero-order valence-electron chi connectivity index (χ0n) is 14.4. The summed E-state index contributed by atoms with van der Waals surface area (Å²) in [5.74, 6) is -5.70. The van der Waals surface area contributed by atoms with Gasteiger partial charge in [0.25, 0.3) is 0 Å². The molecule has 12 nitrogen and oxygen atoms in total. The minimum atomic E-state index is -1.64. The number of nitrogens with two attached hydrogens (primary N) is 1. The van der Waals surface area contributed by atoms with Crippen molar-refractivity contribution in [3.05, 3.63) is 0 Å². The summed E-state index contributed by atoms with van der Waals surface area (Å²) in [6.45, 7) is 2.03. The Morgan fingerprint density at radius 1 is 1.00 bits per heavy atom. The minimum Gasteiger partial charge on any atom is -0.481 e. The van der Waals surface area contributed by atoms with Gasteiger partial charge in [0.05, 0.1) is 19.6 Å². The molecule has 0 rings (SSSR count). The number of carbonyl (C=O) groups is 5. The van der Waals surface area contributed by atoms with Crippen molar-refractivity contribution in [1.82, 2.24) is 16.0 Å². The van der Waals surface area contributed by atoms with Crippen LogP contribution in [0.5, 0.6) is 0 Å². The Labute approximate surface area is 149 Å². The molecule has 12 heteroatoms. The van der Waals surface area contributed by atoms with E-state index in [9.17, 15) is 24.0 Å². The number of aliphatic hydroxyl groups is 1. The molecule has 148 valence electrons. The van der Waals surface area contributed by atoms with Gasteiger partial charge in [0.2, 0.25) is 17.7 Å². The van der Waals surface area contributed by atoms with Crippen LogP contribution in [-0.2, 0) is 24.0 Å². The molecule has 3 atom stereocenters. The van der Waals surface area contributed by atoms with E-state index in [0.717, 1.165) is 0 Å². The maximum absolute atomic E-state index is 12.1. The second kappa shape index (κ2) is 11.0. The van der Waals surface area contributed by atoms with Gasteiger partial charge in [-0.05, 0) is 5.92 Å². The van der Waals surface area contributed by atoms with E-state index in [2.05, 4.69) is 10.6 Å². The first-order chi connectivity index (χ1) is 12.0. The summed E-state index contributed by atoms with van der Waals surface area (Å²) in [6.07, 6.45) is -0.821. The number of aliphatic carboxylic acids is 2. The average Bonchev–Trinajstić information content (AvgIpc) is 2.54. The Morgan fingerprint density at radius 2 is 1.58 bits per heavy atom. The number of aliphatic hydroxyl groups excluding tert-OH is 1. The van der Waals surface area contributed by atoms with E-state index < -0.39 is 67.4 Å². The van der Waals surface area contributed by atoms with Gasteiger partial charge in [0.1, 0.15) is 18.1 Å². The summed E-state index contributed by atoms with van der Waals surface area (Å²) < 4.78 is 0. The lowest BCUT2D eigenvalue weighted by molar-refractivity contribution is -0.147. The Hall–Kier alpha value is -2.73. The molecule has 26 heavy (non-hydrogen) atoms. The summed E-state index contributed by atoms with van der Waals surface area (Å²) in [7, 11) is 0. The number of hydrogen-bond donors (Lipinski definition) is 7. The van der Waals surface area contributed by atoms with Gasteiger partial charge < -0.3 is 37.0 Å². The molecular weight excluding hydrogens is 352 g/mol. The molecule has 0 aliphatic rings. The first kappa shape index (κ1) is 23.3. The highest BCUT2D eigenvalue weighted by molar-refractivity contribution is 5.93. The number of carboxylic acid groups (broad SMARTS) is 2. The average molecular weight is 376 g/mol. The van der Waals surface area contributed by atoms with Crippen molar-refractivity contribution in [1.29, 1.82) is 0 Å². The number of carbonyl (C=O) groups excluding carboxylic acids is 3. The van der Waals surface area contributed by atoms with E-state index in [1.54, 1.807) is 13.8 Å². The van der Waals surface area contributed by atoms with E-state index in [4.69, 9.17) is 21.1 Å². The fourth-order valence-corrected chi connectivity index (χ4v) is 1.78. The van der Waals surface area contributed by atoms with E-state index in [1.807, 2.05) is 5.32 Å². The lowest BCUT2D eigenvalue weighted by Gasteiger charge is -2.23. The molecule has 0 bridgehead atoms. The van der Waals surface area contributed by atoms with Crippen LogP contribution in [0.25, 0.3) is 0 Å². The van der Waals surface area contributed by atoms with Crippen LogP contribution in [0.2, 0.25) is 0 Å². The summed E-state index contributed by atoms with van der Waals surface area (Å²) in [4.78, 5) is 56.9. The quantitative estimate of drug-likeness (QED) is 0.191.